The molecule has 0 aliphatic carbocycles. The second-order valence-corrected chi connectivity index (χ2v) is 5.09. The van der Waals surface area contributed by atoms with Crippen LogP contribution in [0.1, 0.15) is 12.6 Å². The molecule has 9 heteroatoms. The van der Waals surface area contributed by atoms with E-state index in [0.29, 0.717) is 16.8 Å². The first-order chi connectivity index (χ1) is 11.6. The molecule has 0 radical (unpaired) electrons. The molecule has 0 atom stereocenters. The van der Waals surface area contributed by atoms with E-state index < -0.39 is 5.63 Å². The van der Waals surface area contributed by atoms with Gasteiger partial charge >= 0.3 is 5.63 Å². The summed E-state index contributed by atoms with van der Waals surface area (Å²) in [4.78, 5) is 22.8. The lowest BCUT2D eigenvalue weighted by Crippen LogP contribution is -2.22. The molecule has 124 valence electrons. The van der Waals surface area contributed by atoms with Gasteiger partial charge in [-0.1, -0.05) is 17.3 Å². The van der Waals surface area contributed by atoms with Gasteiger partial charge in [0.1, 0.15) is 12.4 Å². The molecule has 0 saturated carbocycles. The van der Waals surface area contributed by atoms with Crippen LogP contribution in [0.15, 0.2) is 46.0 Å². The summed E-state index contributed by atoms with van der Waals surface area (Å²) in [6.45, 7) is 1.29. The molecule has 2 heterocycles. The summed E-state index contributed by atoms with van der Waals surface area (Å²) >= 11 is 0. The number of hydrogen-bond donors (Lipinski definition) is 2. The van der Waals surface area contributed by atoms with Crippen molar-refractivity contribution >= 4 is 5.91 Å². The highest BCUT2D eigenvalue weighted by Crippen LogP contribution is 2.18. The number of aromatic nitrogens is 4. The van der Waals surface area contributed by atoms with E-state index in [4.69, 9.17) is 9.63 Å². The zero-order chi connectivity index (χ0) is 17.1. The monoisotopic (exact) mass is 329 g/mol. The minimum Gasteiger partial charge on any atom is -0.390 e. The molecule has 3 rings (SSSR count). The Bertz CT molecular complexity index is 907. The van der Waals surface area contributed by atoms with Gasteiger partial charge in [0.25, 0.3) is 0 Å². The van der Waals surface area contributed by atoms with Gasteiger partial charge in [-0.15, -0.1) is 5.10 Å². The summed E-state index contributed by atoms with van der Waals surface area (Å²) in [6.07, 6.45) is 3.15. The molecule has 1 aromatic carbocycles. The largest absolute Gasteiger partial charge is 0.390 e. The molecule has 2 aromatic heterocycles. The van der Waals surface area contributed by atoms with Crippen molar-refractivity contribution in [2.45, 2.75) is 20.2 Å². The smallest absolute Gasteiger partial charge is 0.365 e. The maximum atomic E-state index is 11.9. The Morgan fingerprint density at radius 2 is 2.04 bits per heavy atom. The number of rotatable bonds is 5. The molecule has 1 amide bonds. The second kappa shape index (κ2) is 6.50. The van der Waals surface area contributed by atoms with Gasteiger partial charge in [0.05, 0.1) is 30.3 Å². The molecule has 9 nitrogen and oxygen atoms in total. The molecule has 2 N–H and O–H groups in total. The van der Waals surface area contributed by atoms with E-state index >= 15 is 0 Å². The van der Waals surface area contributed by atoms with Crippen LogP contribution in [-0.4, -0.2) is 30.7 Å². The highest BCUT2D eigenvalue weighted by atomic mass is 16.5. The first-order valence-corrected chi connectivity index (χ1v) is 7.15. The average molecular weight is 329 g/mol. The molecule has 0 aliphatic heterocycles. The van der Waals surface area contributed by atoms with Crippen molar-refractivity contribution in [3.8, 4) is 16.8 Å². The third kappa shape index (κ3) is 3.25. The predicted octanol–water partition coefficient (Wildman–Crippen LogP) is 0.275. The number of hydrogen-bond acceptors (Lipinski definition) is 6. The number of nitrogens with one attached hydrogen (secondary N) is 1. The number of aliphatic hydroxyl groups excluding tert-OH is 1. The standard InChI is InChI=1S/C15H15N5O4/c1-10(22)16-9-19-7-14(15(23)24-19)11-2-4-13(5-3-11)20-6-12(8-21)17-18-20/h2-7,21H,8-9H2,1H3,(H,16,22). The van der Waals surface area contributed by atoms with Gasteiger partial charge in [-0.05, 0) is 17.7 Å². The SMILES string of the molecule is CC(=O)NCn1cc(-c2ccc(-n3cc(CO)nn3)cc2)c(=O)o1. The number of aliphatic hydroxyl groups is 1. The first-order valence-electron chi connectivity index (χ1n) is 7.15. The number of carbonyl (C=O) groups is 1. The number of benzene rings is 1. The average Bonchev–Trinajstić information content (AvgIpc) is 3.19. The number of carbonyl (C=O) groups excluding carboxylic acids is 1. The molecule has 0 saturated heterocycles. The lowest BCUT2D eigenvalue weighted by atomic mass is 10.1. The fourth-order valence-electron chi connectivity index (χ4n) is 2.13. The zero-order valence-electron chi connectivity index (χ0n) is 12.8. The van der Waals surface area contributed by atoms with E-state index in [9.17, 15) is 9.59 Å². The normalized spacial score (nSPS) is 10.8. The van der Waals surface area contributed by atoms with Gasteiger partial charge in [-0.25, -0.2) is 9.48 Å². The summed E-state index contributed by atoms with van der Waals surface area (Å²) in [6, 6.07) is 7.06. The summed E-state index contributed by atoms with van der Waals surface area (Å²) in [5.41, 5.74) is 1.79. The predicted molar refractivity (Wildman–Crippen MR) is 83.1 cm³/mol. The third-order valence-corrected chi connectivity index (χ3v) is 3.32. The Morgan fingerprint density at radius 1 is 1.29 bits per heavy atom. The first kappa shape index (κ1) is 15.7. The van der Waals surface area contributed by atoms with Crippen molar-refractivity contribution in [3.05, 3.63) is 52.8 Å². The van der Waals surface area contributed by atoms with E-state index in [-0.39, 0.29) is 19.2 Å². The van der Waals surface area contributed by atoms with E-state index in [1.165, 1.54) is 22.5 Å². The molecule has 0 bridgehead atoms. The number of amides is 1. The van der Waals surface area contributed by atoms with Crippen molar-refractivity contribution in [2.75, 3.05) is 0 Å². The van der Waals surface area contributed by atoms with E-state index in [0.717, 1.165) is 5.69 Å². The van der Waals surface area contributed by atoms with Crippen LogP contribution < -0.4 is 10.9 Å². The topological polar surface area (TPSA) is 115 Å². The molecule has 0 aliphatic rings. The van der Waals surface area contributed by atoms with Crippen molar-refractivity contribution in [3.63, 3.8) is 0 Å². The molecule has 3 aromatic rings. The molecular weight excluding hydrogens is 314 g/mol. The summed E-state index contributed by atoms with van der Waals surface area (Å²) in [5, 5.41) is 19.3. The number of nitrogens with zero attached hydrogens (tertiary/aromatic N) is 4. The minimum atomic E-state index is -0.489. The minimum absolute atomic E-state index is 0.0888. The van der Waals surface area contributed by atoms with Crippen LogP contribution in [0, 0.1) is 0 Å². The van der Waals surface area contributed by atoms with E-state index in [2.05, 4.69) is 15.6 Å². The van der Waals surface area contributed by atoms with Crippen molar-refractivity contribution in [2.24, 2.45) is 0 Å². The van der Waals surface area contributed by atoms with E-state index in [1.807, 2.05) is 0 Å². The Labute approximate surface area is 136 Å². The molecule has 0 fully saturated rings. The Morgan fingerprint density at radius 3 is 2.67 bits per heavy atom. The fourth-order valence-corrected chi connectivity index (χ4v) is 2.13. The lowest BCUT2D eigenvalue weighted by molar-refractivity contribution is -0.119. The quantitative estimate of drug-likeness (QED) is 0.694. The molecule has 0 spiro atoms. The van der Waals surface area contributed by atoms with Crippen molar-refractivity contribution in [1.29, 1.82) is 0 Å². The van der Waals surface area contributed by atoms with Crippen LogP contribution in [0.2, 0.25) is 0 Å². The van der Waals surface area contributed by atoms with E-state index in [1.54, 1.807) is 30.5 Å². The van der Waals surface area contributed by atoms with Crippen LogP contribution in [0.3, 0.4) is 0 Å². The highest BCUT2D eigenvalue weighted by molar-refractivity contribution is 5.72. The Balaban J connectivity index is 1.83. The van der Waals surface area contributed by atoms with Crippen LogP contribution in [0.25, 0.3) is 16.8 Å². The maximum absolute atomic E-state index is 11.9. The van der Waals surface area contributed by atoms with Gasteiger partial charge in [0, 0.05) is 6.92 Å². The van der Waals surface area contributed by atoms with Gasteiger partial charge in [-0.2, -0.15) is 4.74 Å². The van der Waals surface area contributed by atoms with Crippen LogP contribution in [0.4, 0.5) is 0 Å². The van der Waals surface area contributed by atoms with Gasteiger partial charge < -0.3 is 14.9 Å². The summed E-state index contributed by atoms with van der Waals surface area (Å²) in [7, 11) is 0. The van der Waals surface area contributed by atoms with Crippen LogP contribution >= 0.6 is 0 Å². The highest BCUT2D eigenvalue weighted by Gasteiger charge is 2.10. The van der Waals surface area contributed by atoms with Gasteiger partial charge in [0.2, 0.25) is 5.91 Å². The summed E-state index contributed by atoms with van der Waals surface area (Å²) in [5.74, 6) is -0.215. The van der Waals surface area contributed by atoms with Crippen molar-refractivity contribution < 1.29 is 14.4 Å². The summed E-state index contributed by atoms with van der Waals surface area (Å²) < 4.78 is 7.83. The van der Waals surface area contributed by atoms with Gasteiger partial charge in [0.15, 0.2) is 0 Å². The molecule has 0 unspecified atom stereocenters. The van der Waals surface area contributed by atoms with Crippen LogP contribution in [0.5, 0.6) is 0 Å². The fraction of sp³-hybridized carbons (Fsp3) is 0.200. The molecule has 24 heavy (non-hydrogen) atoms. The second-order valence-electron chi connectivity index (χ2n) is 5.09. The lowest BCUT2D eigenvalue weighted by Gasteiger charge is -2.01. The Kier molecular flexibility index (Phi) is 4.25. The zero-order valence-corrected chi connectivity index (χ0v) is 12.8. The third-order valence-electron chi connectivity index (χ3n) is 3.32. The molecular formula is C15H15N5O4. The van der Waals surface area contributed by atoms with Crippen LogP contribution in [-0.2, 0) is 18.1 Å². The maximum Gasteiger partial charge on any atom is 0.365 e. The Hall–Kier alpha value is -3.20. The van der Waals surface area contributed by atoms with Crippen molar-refractivity contribution in [1.82, 2.24) is 25.1 Å². The van der Waals surface area contributed by atoms with Gasteiger partial charge in [-0.3, -0.25) is 4.79 Å².